The van der Waals surface area contributed by atoms with E-state index in [1.165, 1.54) is 0 Å². The van der Waals surface area contributed by atoms with Gasteiger partial charge in [-0.05, 0) is 35.5 Å². The minimum atomic E-state index is -5.46. The van der Waals surface area contributed by atoms with Gasteiger partial charge in [0.25, 0.3) is 17.3 Å². The second-order valence-electron chi connectivity index (χ2n) is 5.61. The zero-order valence-corrected chi connectivity index (χ0v) is 20.3. The predicted molar refractivity (Wildman–Crippen MR) is 85.3 cm³/mol. The average Bonchev–Trinajstić information content (AvgIpc) is 2.64. The van der Waals surface area contributed by atoms with Crippen LogP contribution in [0.1, 0.15) is 0 Å². The van der Waals surface area contributed by atoms with Gasteiger partial charge in [0, 0.05) is 0 Å². The van der Waals surface area contributed by atoms with E-state index < -0.39 is 89.9 Å². The van der Waals surface area contributed by atoms with E-state index in [0.29, 0.717) is 0 Å². The molecular weight excluding hydrogens is 817 g/mol. The van der Waals surface area contributed by atoms with E-state index in [1.54, 1.807) is 0 Å². The third-order valence-electron chi connectivity index (χ3n) is 2.46. The fourth-order valence-electron chi connectivity index (χ4n) is 0.848. The van der Waals surface area contributed by atoms with Gasteiger partial charge >= 0.3 is 74.4 Å². The van der Waals surface area contributed by atoms with Crippen molar-refractivity contribution in [1.29, 1.82) is 0 Å². The summed E-state index contributed by atoms with van der Waals surface area (Å²) in [5.74, 6) is -16.9. The second kappa shape index (κ2) is 18.3. The molecule has 0 rings (SSSR count). The fraction of sp³-hybridized carbons (Fsp3) is 0.400. The molecule has 0 aliphatic carbocycles. The Morgan fingerprint density at radius 3 is 0.548 bits per heavy atom. The Balaban J connectivity index is -0.000000112. The monoisotopic (exact) mass is 825 g/mol. The standard InChI is InChI=1S/3C5H2F6O2.Er.2H2O/c3*6-4(7,8)2(12)1-3(13)5(9,10)11;;;/h3*1,12H;;2*1H2/q;;;+3;;/p-1/b3*2-1-;;;. The number of rotatable bonds is 3. The van der Waals surface area contributed by atoms with E-state index in [4.69, 9.17) is 0 Å². The minimum Gasteiger partial charge on any atom is -0.869 e. The molecule has 0 aromatic carbocycles. The van der Waals surface area contributed by atoms with Crippen molar-refractivity contribution in [2.75, 3.05) is 0 Å². The molecule has 0 atom stereocenters. The number of hydrogen-bond donors (Lipinski definition) is 0. The second-order valence-corrected chi connectivity index (χ2v) is 5.61. The van der Waals surface area contributed by atoms with E-state index >= 15 is 0 Å². The molecule has 0 aliphatic rings. The van der Waals surface area contributed by atoms with Crippen molar-refractivity contribution >= 4 is 17.3 Å². The summed E-state index contributed by atoms with van der Waals surface area (Å²) in [4.78, 5) is 29.5. The Bertz CT molecular complexity index is 839. The topological polar surface area (TPSA) is 186 Å². The van der Waals surface area contributed by atoms with Crippen molar-refractivity contribution < 1.29 is 157 Å². The molecule has 0 amide bonds. The number of carbonyl (C=O) groups is 3. The zero-order chi connectivity index (χ0) is 32.6. The van der Waals surface area contributed by atoms with Crippen LogP contribution in [0, 0.1) is 37.3 Å². The first-order valence-corrected chi connectivity index (χ1v) is 7.86. The smallest absolute Gasteiger partial charge is 0.869 e. The van der Waals surface area contributed by atoms with Gasteiger partial charge < -0.3 is 26.3 Å². The quantitative estimate of drug-likeness (QED) is 0.176. The molecular formula is C15H9ErF18O8+2. The van der Waals surface area contributed by atoms with Gasteiger partial charge in [-0.3, -0.25) is 14.4 Å². The zero-order valence-electron chi connectivity index (χ0n) is 18.4. The van der Waals surface area contributed by atoms with Crippen LogP contribution < -0.4 is 15.3 Å². The summed E-state index contributed by atoms with van der Waals surface area (Å²) in [7, 11) is 0. The Kier molecular flexibility index (Phi) is 22.7. The Labute approximate surface area is 246 Å². The maximum absolute atomic E-state index is 11.3. The van der Waals surface area contributed by atoms with Crippen LogP contribution in [-0.4, -0.2) is 54.4 Å². The van der Waals surface area contributed by atoms with Crippen LogP contribution in [0.3, 0.4) is 0 Å². The van der Waals surface area contributed by atoms with E-state index in [9.17, 15) is 109 Å². The minimum absolute atomic E-state index is 0. The predicted octanol–water partition coefficient (Wildman–Crippen LogP) is 0.929. The van der Waals surface area contributed by atoms with Crippen molar-refractivity contribution in [3.63, 3.8) is 0 Å². The third-order valence-corrected chi connectivity index (χ3v) is 2.46. The van der Waals surface area contributed by atoms with Gasteiger partial charge in [0.05, 0.1) is 0 Å². The van der Waals surface area contributed by atoms with Crippen molar-refractivity contribution in [3.8, 4) is 0 Å². The molecule has 27 heteroatoms. The van der Waals surface area contributed by atoms with Crippen LogP contribution >= 0.6 is 0 Å². The van der Waals surface area contributed by atoms with E-state index in [-0.39, 0.29) is 48.3 Å². The molecule has 0 bridgehead atoms. The SMILES string of the molecule is O=C(/C=C(\[O-])C(F)(F)F)C(F)(F)F.O=C(/C=C(\[O-])C(F)(F)F)C(F)(F)F.O=C(/C=C(\[O-])C(F)(F)F)C(F)(F)F.[Er+3].[OH3+].[OH3+]. The van der Waals surface area contributed by atoms with Crippen LogP contribution in [-0.2, 0) is 25.3 Å². The first-order chi connectivity index (χ1) is 16.6. The summed E-state index contributed by atoms with van der Waals surface area (Å²) < 4.78 is 203. The van der Waals surface area contributed by atoms with E-state index in [1.807, 2.05) is 0 Å². The molecule has 0 aromatic rings. The molecule has 6 N–H and O–H groups in total. The Hall–Kier alpha value is -2.46. The summed E-state index contributed by atoms with van der Waals surface area (Å²) in [5, 5.41) is 29.5. The Morgan fingerprint density at radius 2 is 0.476 bits per heavy atom. The number of allylic oxidation sites excluding steroid dienone is 6. The van der Waals surface area contributed by atoms with Gasteiger partial charge in [-0.25, -0.2) is 0 Å². The van der Waals surface area contributed by atoms with Gasteiger partial charge in [-0.1, -0.05) is 0 Å². The van der Waals surface area contributed by atoms with Crippen LogP contribution in [0.25, 0.3) is 0 Å². The largest absolute Gasteiger partial charge is 3.00 e. The summed E-state index contributed by atoms with van der Waals surface area (Å²) in [5.41, 5.74) is 0. The molecule has 253 valence electrons. The van der Waals surface area contributed by atoms with Crippen LogP contribution in [0.15, 0.2) is 35.5 Å². The van der Waals surface area contributed by atoms with Crippen molar-refractivity contribution in [2.24, 2.45) is 0 Å². The third kappa shape index (κ3) is 24.2. The van der Waals surface area contributed by atoms with Crippen LogP contribution in [0.4, 0.5) is 79.0 Å². The fourth-order valence-corrected chi connectivity index (χ4v) is 0.848. The molecule has 42 heavy (non-hydrogen) atoms. The average molecular weight is 826 g/mol. The first-order valence-electron chi connectivity index (χ1n) is 7.86. The molecule has 8 nitrogen and oxygen atoms in total. The number of alkyl halides is 18. The van der Waals surface area contributed by atoms with Crippen LogP contribution in [0.5, 0.6) is 0 Å². The molecule has 0 aliphatic heterocycles. The molecule has 0 fully saturated rings. The molecule has 0 unspecified atom stereocenters. The molecule has 1 radical (unpaired) electrons. The summed E-state index contributed by atoms with van der Waals surface area (Å²) in [6, 6.07) is 0. The molecule has 0 heterocycles. The van der Waals surface area contributed by atoms with Crippen molar-refractivity contribution in [2.45, 2.75) is 37.1 Å². The Morgan fingerprint density at radius 1 is 0.357 bits per heavy atom. The van der Waals surface area contributed by atoms with Crippen LogP contribution in [0.2, 0.25) is 0 Å². The maximum Gasteiger partial charge on any atom is 3.00 e. The van der Waals surface area contributed by atoms with Gasteiger partial charge in [0.2, 0.25) is 0 Å². The van der Waals surface area contributed by atoms with E-state index in [2.05, 4.69) is 0 Å². The van der Waals surface area contributed by atoms with Crippen molar-refractivity contribution in [3.05, 3.63) is 35.5 Å². The summed E-state index contributed by atoms with van der Waals surface area (Å²) in [6.45, 7) is 0. The molecule has 0 saturated heterocycles. The maximum atomic E-state index is 11.3. The number of hydrogen-bond acceptors (Lipinski definition) is 6. The number of ketones is 3. The van der Waals surface area contributed by atoms with Gasteiger partial charge in [-0.15, -0.1) is 0 Å². The van der Waals surface area contributed by atoms with Gasteiger partial charge in [-0.2, -0.15) is 79.0 Å². The molecule has 0 spiro atoms. The number of halogens is 18. The van der Waals surface area contributed by atoms with Gasteiger partial charge in [0.15, 0.2) is 0 Å². The van der Waals surface area contributed by atoms with E-state index in [0.717, 1.165) is 0 Å². The molecule has 0 saturated carbocycles. The number of carbonyl (C=O) groups excluding carboxylic acids is 3. The van der Waals surface area contributed by atoms with Gasteiger partial charge in [0.1, 0.15) is 0 Å². The molecule has 0 aromatic heterocycles. The summed E-state index contributed by atoms with van der Waals surface area (Å²) in [6.07, 6.45) is -35.8. The first kappa shape index (κ1) is 52.2. The summed E-state index contributed by atoms with van der Waals surface area (Å²) >= 11 is 0. The van der Waals surface area contributed by atoms with Crippen molar-refractivity contribution in [1.82, 2.24) is 0 Å². The normalized spacial score (nSPS) is 13.4.